The van der Waals surface area contributed by atoms with Crippen LogP contribution < -0.4 is 0 Å². The van der Waals surface area contributed by atoms with Gasteiger partial charge in [0.1, 0.15) is 5.76 Å². The molecule has 1 aliphatic heterocycles. The number of allylic oxidation sites excluding steroid dienone is 1. The molecule has 1 amide bonds. The van der Waals surface area contributed by atoms with E-state index in [1.165, 1.54) is 4.90 Å². The summed E-state index contributed by atoms with van der Waals surface area (Å²) in [7, 11) is -1.57. The molecule has 3 aromatic rings. The number of rotatable bonds is 5. The molecule has 182 valence electrons. The van der Waals surface area contributed by atoms with Crippen molar-refractivity contribution in [1.82, 2.24) is 9.88 Å². The number of hydrogen-bond acceptors (Lipinski definition) is 7. The van der Waals surface area contributed by atoms with Crippen LogP contribution in [0.5, 0.6) is 0 Å². The maximum Gasteiger partial charge on any atom is 0.339 e. The number of sulfone groups is 1. The molecule has 1 atom stereocenters. The van der Waals surface area contributed by atoms with Crippen LogP contribution in [0, 0.1) is 0 Å². The van der Waals surface area contributed by atoms with E-state index in [1.54, 1.807) is 13.3 Å². The third-order valence-corrected chi connectivity index (χ3v) is 8.46. The van der Waals surface area contributed by atoms with Crippen molar-refractivity contribution >= 4 is 44.3 Å². The molecule has 1 fully saturated rings. The molecule has 1 aliphatic carbocycles. The summed E-state index contributed by atoms with van der Waals surface area (Å²) in [6.45, 7) is -0.452. The average molecular weight is 495 g/mol. The third-order valence-electron chi connectivity index (χ3n) is 6.71. The lowest BCUT2D eigenvalue weighted by Crippen LogP contribution is -2.40. The van der Waals surface area contributed by atoms with E-state index in [0.29, 0.717) is 29.3 Å². The highest BCUT2D eigenvalue weighted by Gasteiger charge is 2.33. The smallest absolute Gasteiger partial charge is 0.339 e. The number of furan rings is 1. The van der Waals surface area contributed by atoms with Gasteiger partial charge in [0.25, 0.3) is 5.91 Å². The standard InChI is InChI=1S/C26H26N2O6S/c1-28(18-11-13-35(31,32)16-18)23(29)15-34-26(30)24-20-8-2-3-10-22(20)27-25-17(6-4-9-21(24)25)14-19-7-5-12-33-19/h2-3,5,7-8,10,12,14,18H,4,6,9,11,13,15-16H2,1H3. The van der Waals surface area contributed by atoms with Gasteiger partial charge in [0.2, 0.25) is 0 Å². The second-order valence-electron chi connectivity index (χ2n) is 9.01. The van der Waals surface area contributed by atoms with Gasteiger partial charge in [-0.05, 0) is 61.1 Å². The van der Waals surface area contributed by atoms with Gasteiger partial charge in [-0.1, -0.05) is 18.2 Å². The van der Waals surface area contributed by atoms with E-state index in [4.69, 9.17) is 14.1 Å². The summed E-state index contributed by atoms with van der Waals surface area (Å²) in [6.07, 6.45) is 6.27. The first kappa shape index (κ1) is 23.3. The van der Waals surface area contributed by atoms with Crippen LogP contribution in [0.25, 0.3) is 22.6 Å². The molecule has 0 radical (unpaired) electrons. The van der Waals surface area contributed by atoms with Crippen LogP contribution in [0.3, 0.4) is 0 Å². The minimum Gasteiger partial charge on any atom is -0.465 e. The van der Waals surface area contributed by atoms with E-state index in [9.17, 15) is 18.0 Å². The molecular weight excluding hydrogens is 468 g/mol. The average Bonchev–Trinajstić information content (AvgIpc) is 3.49. The van der Waals surface area contributed by atoms with E-state index < -0.39 is 34.4 Å². The Morgan fingerprint density at radius 2 is 2.03 bits per heavy atom. The fraction of sp³-hybridized carbons (Fsp3) is 0.346. The van der Waals surface area contributed by atoms with E-state index in [2.05, 4.69) is 0 Å². The Bertz CT molecular complexity index is 1430. The number of pyridine rings is 1. The predicted octanol–water partition coefficient (Wildman–Crippen LogP) is 3.51. The molecule has 0 saturated carbocycles. The first-order valence-electron chi connectivity index (χ1n) is 11.6. The fourth-order valence-electron chi connectivity index (χ4n) is 4.84. The van der Waals surface area contributed by atoms with Gasteiger partial charge in [-0.2, -0.15) is 0 Å². The van der Waals surface area contributed by atoms with Gasteiger partial charge in [0.05, 0.1) is 34.5 Å². The fourth-order valence-corrected chi connectivity index (χ4v) is 6.61. The number of hydrogen-bond donors (Lipinski definition) is 0. The number of likely N-dealkylation sites (N-methyl/N-ethyl adjacent to an activating group) is 1. The second-order valence-corrected chi connectivity index (χ2v) is 11.2. The van der Waals surface area contributed by atoms with Crippen LogP contribution in [-0.2, 0) is 25.8 Å². The van der Waals surface area contributed by atoms with Crippen LogP contribution in [0.4, 0.5) is 0 Å². The zero-order chi connectivity index (χ0) is 24.6. The van der Waals surface area contributed by atoms with Crippen molar-refractivity contribution in [2.45, 2.75) is 31.7 Å². The zero-order valence-electron chi connectivity index (χ0n) is 19.4. The Balaban J connectivity index is 1.44. The van der Waals surface area contributed by atoms with Crippen molar-refractivity contribution in [1.29, 1.82) is 0 Å². The minimum atomic E-state index is -3.13. The number of benzene rings is 1. The van der Waals surface area contributed by atoms with Crippen molar-refractivity contribution < 1.29 is 27.2 Å². The van der Waals surface area contributed by atoms with Gasteiger partial charge < -0.3 is 14.1 Å². The molecule has 8 nitrogen and oxygen atoms in total. The zero-order valence-corrected chi connectivity index (χ0v) is 20.2. The molecule has 0 spiro atoms. The van der Waals surface area contributed by atoms with E-state index in [-0.39, 0.29) is 11.5 Å². The molecule has 1 aromatic carbocycles. The maximum atomic E-state index is 13.4. The number of carbonyl (C=O) groups is 2. The van der Waals surface area contributed by atoms with Crippen LogP contribution >= 0.6 is 0 Å². The SMILES string of the molecule is CN(C(=O)COC(=O)c1c2c(nc3ccccc13)C(=Cc1ccco1)CCC2)C1CCS(=O)(=O)C1. The normalized spacial score (nSPS) is 20.0. The van der Waals surface area contributed by atoms with Crippen LogP contribution in [0.1, 0.15) is 46.6 Å². The summed E-state index contributed by atoms with van der Waals surface area (Å²) in [5, 5.41) is 0.679. The van der Waals surface area contributed by atoms with Gasteiger partial charge in [-0.15, -0.1) is 0 Å². The quantitative estimate of drug-likeness (QED) is 0.500. The Hall–Kier alpha value is -3.46. The topological polar surface area (TPSA) is 107 Å². The van der Waals surface area contributed by atoms with Crippen molar-refractivity contribution in [3.05, 3.63) is 65.2 Å². The first-order chi connectivity index (χ1) is 16.8. The van der Waals surface area contributed by atoms with Crippen molar-refractivity contribution in [2.75, 3.05) is 25.2 Å². The summed E-state index contributed by atoms with van der Waals surface area (Å²) >= 11 is 0. The molecule has 2 aliphatic rings. The predicted molar refractivity (Wildman–Crippen MR) is 131 cm³/mol. The molecule has 35 heavy (non-hydrogen) atoms. The van der Waals surface area contributed by atoms with Gasteiger partial charge in [-0.3, -0.25) is 4.79 Å². The number of para-hydroxylation sites is 1. The van der Waals surface area contributed by atoms with E-state index in [0.717, 1.165) is 35.4 Å². The molecule has 2 aromatic heterocycles. The van der Waals surface area contributed by atoms with Crippen molar-refractivity contribution in [2.24, 2.45) is 0 Å². The Morgan fingerprint density at radius 3 is 2.77 bits per heavy atom. The van der Waals surface area contributed by atoms with Crippen LogP contribution in [-0.4, -0.2) is 61.4 Å². The highest BCUT2D eigenvalue weighted by Crippen LogP contribution is 2.36. The minimum absolute atomic E-state index is 0.0591. The summed E-state index contributed by atoms with van der Waals surface area (Å²) in [5.74, 6) is -0.283. The lowest BCUT2D eigenvalue weighted by Gasteiger charge is -2.24. The van der Waals surface area contributed by atoms with Gasteiger partial charge in [-0.25, -0.2) is 18.2 Å². The summed E-state index contributed by atoms with van der Waals surface area (Å²) in [5.41, 5.74) is 3.64. The number of aromatic nitrogens is 1. The largest absolute Gasteiger partial charge is 0.465 e. The highest BCUT2D eigenvalue weighted by molar-refractivity contribution is 7.91. The molecule has 9 heteroatoms. The summed E-state index contributed by atoms with van der Waals surface area (Å²) in [4.78, 5) is 32.3. The number of esters is 1. The monoisotopic (exact) mass is 494 g/mol. The maximum absolute atomic E-state index is 13.4. The number of ether oxygens (including phenoxy) is 1. The lowest BCUT2D eigenvalue weighted by molar-refractivity contribution is -0.134. The first-order valence-corrected chi connectivity index (χ1v) is 13.4. The number of nitrogens with zero attached hydrogens (tertiary/aromatic N) is 2. The molecule has 0 N–H and O–H groups in total. The molecule has 1 saturated heterocycles. The van der Waals surface area contributed by atoms with Crippen LogP contribution in [0.15, 0.2) is 47.1 Å². The van der Waals surface area contributed by atoms with E-state index >= 15 is 0 Å². The second kappa shape index (κ2) is 9.30. The van der Waals surface area contributed by atoms with Crippen molar-refractivity contribution in [3.8, 4) is 0 Å². The van der Waals surface area contributed by atoms with Crippen molar-refractivity contribution in [3.63, 3.8) is 0 Å². The highest BCUT2D eigenvalue weighted by atomic mass is 32.2. The number of amides is 1. The van der Waals surface area contributed by atoms with Gasteiger partial charge in [0, 0.05) is 18.5 Å². The molecule has 1 unspecified atom stereocenters. The Morgan fingerprint density at radius 1 is 1.20 bits per heavy atom. The number of fused-ring (bicyclic) bond motifs is 2. The molecule has 0 bridgehead atoms. The number of carbonyl (C=O) groups excluding carboxylic acids is 2. The van der Waals surface area contributed by atoms with E-state index in [1.807, 2.05) is 42.5 Å². The molecule has 5 rings (SSSR count). The van der Waals surface area contributed by atoms with Gasteiger partial charge >= 0.3 is 5.97 Å². The summed E-state index contributed by atoms with van der Waals surface area (Å²) in [6, 6.07) is 10.7. The third kappa shape index (κ3) is 4.73. The summed E-state index contributed by atoms with van der Waals surface area (Å²) < 4.78 is 34.5. The Labute approximate surface area is 203 Å². The lowest BCUT2D eigenvalue weighted by atomic mass is 9.86. The Kier molecular flexibility index (Phi) is 6.19. The van der Waals surface area contributed by atoms with Crippen LogP contribution in [0.2, 0.25) is 0 Å². The molecule has 3 heterocycles. The van der Waals surface area contributed by atoms with Gasteiger partial charge in [0.15, 0.2) is 16.4 Å². The molecular formula is C26H26N2O6S.